The van der Waals surface area contributed by atoms with Gasteiger partial charge in [-0.2, -0.15) is 26.3 Å². The Morgan fingerprint density at radius 3 is 2.10 bits per heavy atom. The molecule has 2 aromatic carbocycles. The number of benzene rings is 2. The Morgan fingerprint density at radius 1 is 0.935 bits per heavy atom. The van der Waals surface area contributed by atoms with E-state index in [0.717, 1.165) is 41.3 Å². The van der Waals surface area contributed by atoms with Gasteiger partial charge >= 0.3 is 12.4 Å². The van der Waals surface area contributed by atoms with Crippen molar-refractivity contribution in [1.82, 2.24) is 4.90 Å². The van der Waals surface area contributed by atoms with Crippen LogP contribution in [0.3, 0.4) is 0 Å². The zero-order valence-corrected chi connectivity index (χ0v) is 16.2. The first kappa shape index (κ1) is 24.0. The largest absolute Gasteiger partial charge is 0.484 e. The maximum absolute atomic E-state index is 13.0. The first-order chi connectivity index (χ1) is 14.4. The van der Waals surface area contributed by atoms with Crippen molar-refractivity contribution in [3.63, 3.8) is 0 Å². The smallest absolute Gasteiger partial charge is 0.418 e. The maximum atomic E-state index is 13.0. The summed E-state index contributed by atoms with van der Waals surface area (Å²) in [5.41, 5.74) is -2.34. The molecule has 0 saturated carbocycles. The fraction of sp³-hybridized carbons (Fsp3) is 0.300. The van der Waals surface area contributed by atoms with Crippen LogP contribution in [-0.2, 0) is 21.9 Å². The highest BCUT2D eigenvalue weighted by Crippen LogP contribution is 2.34. The number of anilines is 1. The van der Waals surface area contributed by atoms with Gasteiger partial charge in [-0.15, -0.1) is 0 Å². The van der Waals surface area contributed by atoms with Crippen molar-refractivity contribution in [2.45, 2.75) is 19.3 Å². The molecule has 2 aromatic rings. The van der Waals surface area contributed by atoms with Crippen molar-refractivity contribution in [3.05, 3.63) is 59.7 Å². The van der Waals surface area contributed by atoms with Gasteiger partial charge in [0.2, 0.25) is 5.91 Å². The minimum absolute atomic E-state index is 0.0148. The number of nitrogens with one attached hydrogen (secondary N) is 1. The van der Waals surface area contributed by atoms with Crippen LogP contribution in [0.15, 0.2) is 48.5 Å². The molecule has 0 fully saturated rings. The number of para-hydroxylation sites is 1. The molecule has 5 nitrogen and oxygen atoms in total. The van der Waals surface area contributed by atoms with Crippen LogP contribution in [-0.4, -0.2) is 36.4 Å². The Hall–Kier alpha value is -3.24. The standard InChI is InChI=1S/C20H18F6N2O3/c1-2-28(11-17(29)27-16-6-4-3-5-15(16)20(24,25)26)18(30)12-31-14-9-7-13(8-10-14)19(21,22)23/h3-10H,2,11-12H2,1H3,(H,27,29). The number of ether oxygens (including phenoxy) is 1. The Labute approximate surface area is 173 Å². The van der Waals surface area contributed by atoms with Gasteiger partial charge < -0.3 is 15.0 Å². The van der Waals surface area contributed by atoms with Gasteiger partial charge in [-0.3, -0.25) is 9.59 Å². The predicted octanol–water partition coefficient (Wildman–Crippen LogP) is 4.59. The van der Waals surface area contributed by atoms with E-state index in [2.05, 4.69) is 5.32 Å². The summed E-state index contributed by atoms with van der Waals surface area (Å²) in [6.45, 7) is 0.514. The van der Waals surface area contributed by atoms with Crippen LogP contribution < -0.4 is 10.1 Å². The molecule has 0 atom stereocenters. The Balaban J connectivity index is 1.95. The quantitative estimate of drug-likeness (QED) is 0.631. The van der Waals surface area contributed by atoms with E-state index in [1.54, 1.807) is 6.92 Å². The van der Waals surface area contributed by atoms with E-state index in [-0.39, 0.29) is 12.3 Å². The van der Waals surface area contributed by atoms with Crippen molar-refractivity contribution in [2.75, 3.05) is 25.0 Å². The van der Waals surface area contributed by atoms with Crippen molar-refractivity contribution in [2.24, 2.45) is 0 Å². The Bertz CT molecular complexity index is 910. The van der Waals surface area contributed by atoms with Gasteiger partial charge in [0.05, 0.1) is 23.4 Å². The average Bonchev–Trinajstić information content (AvgIpc) is 2.69. The van der Waals surface area contributed by atoms with E-state index in [0.29, 0.717) is 0 Å². The van der Waals surface area contributed by atoms with Crippen LogP contribution in [0, 0.1) is 0 Å². The highest BCUT2D eigenvalue weighted by atomic mass is 19.4. The summed E-state index contributed by atoms with van der Waals surface area (Å²) < 4.78 is 81.8. The van der Waals surface area contributed by atoms with Gasteiger partial charge in [0.15, 0.2) is 6.61 Å². The number of hydrogen-bond acceptors (Lipinski definition) is 3. The summed E-state index contributed by atoms with van der Waals surface area (Å²) in [6, 6.07) is 8.10. The van der Waals surface area contributed by atoms with Crippen LogP contribution >= 0.6 is 0 Å². The predicted molar refractivity (Wildman–Crippen MR) is 99.3 cm³/mol. The molecule has 0 aliphatic rings. The van der Waals surface area contributed by atoms with Crippen molar-refractivity contribution in [3.8, 4) is 5.75 Å². The third-order valence-electron chi connectivity index (χ3n) is 4.12. The van der Waals surface area contributed by atoms with Crippen molar-refractivity contribution < 1.29 is 40.7 Å². The van der Waals surface area contributed by atoms with Gasteiger partial charge in [0.25, 0.3) is 5.91 Å². The van der Waals surface area contributed by atoms with Gasteiger partial charge in [0, 0.05) is 6.54 Å². The number of amides is 2. The van der Waals surface area contributed by atoms with Crippen LogP contribution in [0.25, 0.3) is 0 Å². The molecule has 0 aliphatic heterocycles. The molecule has 2 rings (SSSR count). The molecule has 2 amide bonds. The SMILES string of the molecule is CCN(CC(=O)Nc1ccccc1C(F)(F)F)C(=O)COc1ccc(C(F)(F)F)cc1. The first-order valence-electron chi connectivity index (χ1n) is 8.95. The lowest BCUT2D eigenvalue weighted by atomic mass is 10.1. The summed E-state index contributed by atoms with van der Waals surface area (Å²) in [7, 11) is 0. The van der Waals surface area contributed by atoms with Gasteiger partial charge in [-0.25, -0.2) is 0 Å². The summed E-state index contributed by atoms with van der Waals surface area (Å²) in [4.78, 5) is 25.4. The molecule has 11 heteroatoms. The van der Waals surface area contributed by atoms with E-state index in [1.807, 2.05) is 0 Å². The van der Waals surface area contributed by atoms with Gasteiger partial charge in [-0.05, 0) is 43.3 Å². The number of carbonyl (C=O) groups is 2. The molecule has 0 spiro atoms. The number of hydrogen-bond donors (Lipinski definition) is 1. The molecule has 0 unspecified atom stereocenters. The lowest BCUT2D eigenvalue weighted by Gasteiger charge is -2.21. The van der Waals surface area contributed by atoms with E-state index in [1.165, 1.54) is 12.1 Å². The third kappa shape index (κ3) is 6.90. The molecule has 0 saturated heterocycles. The van der Waals surface area contributed by atoms with Gasteiger partial charge in [0.1, 0.15) is 5.75 Å². The third-order valence-corrected chi connectivity index (χ3v) is 4.12. The lowest BCUT2D eigenvalue weighted by molar-refractivity contribution is -0.138. The monoisotopic (exact) mass is 448 g/mol. The molecule has 0 aromatic heterocycles. The fourth-order valence-corrected chi connectivity index (χ4v) is 2.56. The van der Waals surface area contributed by atoms with E-state index in [9.17, 15) is 35.9 Å². The minimum Gasteiger partial charge on any atom is -0.484 e. The summed E-state index contributed by atoms with van der Waals surface area (Å²) in [6.07, 6.45) is -9.18. The first-order valence-corrected chi connectivity index (χ1v) is 8.95. The summed E-state index contributed by atoms with van der Waals surface area (Å²) in [5, 5.41) is 2.13. The van der Waals surface area contributed by atoms with Crippen LogP contribution in [0.4, 0.5) is 32.0 Å². The minimum atomic E-state index is -4.67. The summed E-state index contributed by atoms with van der Waals surface area (Å²) in [5.74, 6) is -1.50. The Kier molecular flexibility index (Phi) is 7.53. The second-order valence-electron chi connectivity index (χ2n) is 6.31. The average molecular weight is 448 g/mol. The van der Waals surface area contributed by atoms with Crippen LogP contribution in [0.1, 0.15) is 18.1 Å². The highest BCUT2D eigenvalue weighted by molar-refractivity contribution is 5.95. The number of carbonyl (C=O) groups excluding carboxylic acids is 2. The lowest BCUT2D eigenvalue weighted by Crippen LogP contribution is -2.40. The number of likely N-dealkylation sites (N-methyl/N-ethyl adjacent to an activating group) is 1. The molecule has 0 radical (unpaired) electrons. The molecule has 0 bridgehead atoms. The molecular weight excluding hydrogens is 430 g/mol. The molecule has 0 heterocycles. The molecule has 31 heavy (non-hydrogen) atoms. The second kappa shape index (κ2) is 9.71. The number of halogens is 6. The van der Waals surface area contributed by atoms with Gasteiger partial charge in [-0.1, -0.05) is 12.1 Å². The molecular formula is C20H18F6N2O3. The molecule has 0 aliphatic carbocycles. The normalized spacial score (nSPS) is 11.7. The fourth-order valence-electron chi connectivity index (χ4n) is 2.56. The highest BCUT2D eigenvalue weighted by Gasteiger charge is 2.33. The zero-order chi connectivity index (χ0) is 23.2. The number of nitrogens with zero attached hydrogens (tertiary/aromatic N) is 1. The van der Waals surface area contributed by atoms with Crippen molar-refractivity contribution in [1.29, 1.82) is 0 Å². The van der Waals surface area contributed by atoms with Crippen LogP contribution in [0.5, 0.6) is 5.75 Å². The van der Waals surface area contributed by atoms with E-state index >= 15 is 0 Å². The van der Waals surface area contributed by atoms with Crippen molar-refractivity contribution >= 4 is 17.5 Å². The maximum Gasteiger partial charge on any atom is 0.418 e. The van der Waals surface area contributed by atoms with E-state index < -0.39 is 54.1 Å². The second-order valence-corrected chi connectivity index (χ2v) is 6.31. The zero-order valence-electron chi connectivity index (χ0n) is 16.2. The Morgan fingerprint density at radius 2 is 1.55 bits per heavy atom. The van der Waals surface area contributed by atoms with E-state index in [4.69, 9.17) is 4.74 Å². The topological polar surface area (TPSA) is 58.6 Å². The number of rotatable bonds is 7. The van der Waals surface area contributed by atoms with Crippen LogP contribution in [0.2, 0.25) is 0 Å². The molecule has 168 valence electrons. The summed E-state index contributed by atoms with van der Waals surface area (Å²) >= 11 is 0. The molecule has 1 N–H and O–H groups in total. The number of alkyl halides is 6.